The number of nitrogens with zero attached hydrogens (tertiary/aromatic N) is 1. The average Bonchev–Trinajstić information content (AvgIpc) is 2.70. The fourth-order valence-corrected chi connectivity index (χ4v) is 3.19. The second kappa shape index (κ2) is 9.13. The molecule has 0 radical (unpaired) electrons. The molecule has 1 N–H and O–H groups in total. The van der Waals surface area contributed by atoms with E-state index in [2.05, 4.69) is 5.32 Å². The molecule has 1 amide bonds. The first-order chi connectivity index (χ1) is 13.8. The molecule has 29 heavy (non-hydrogen) atoms. The Bertz CT molecular complexity index is 888. The van der Waals surface area contributed by atoms with Crippen molar-refractivity contribution in [2.75, 3.05) is 31.2 Å². The lowest BCUT2D eigenvalue weighted by atomic mass is 10.0. The number of carbonyl (C=O) groups is 1. The summed E-state index contributed by atoms with van der Waals surface area (Å²) in [4.78, 5) is 13.9. The van der Waals surface area contributed by atoms with Crippen molar-refractivity contribution >= 4 is 17.7 Å². The van der Waals surface area contributed by atoms with Gasteiger partial charge in [0.25, 0.3) is 0 Å². The Hall–Kier alpha value is -2.80. The fraction of sp³-hybridized carbons (Fsp3) is 0.318. The van der Waals surface area contributed by atoms with E-state index in [1.165, 1.54) is 12.1 Å². The first-order valence-corrected chi connectivity index (χ1v) is 9.38. The number of rotatable bonds is 5. The number of amides is 1. The van der Waals surface area contributed by atoms with Crippen LogP contribution in [0.5, 0.6) is 0 Å². The van der Waals surface area contributed by atoms with Crippen molar-refractivity contribution in [3.63, 3.8) is 0 Å². The number of morpholine rings is 1. The summed E-state index contributed by atoms with van der Waals surface area (Å²) in [5.74, 6) is -0.447. The van der Waals surface area contributed by atoms with E-state index in [9.17, 15) is 18.0 Å². The number of hydrogen-bond acceptors (Lipinski definition) is 3. The summed E-state index contributed by atoms with van der Waals surface area (Å²) in [5.41, 5.74) is 1.72. The third kappa shape index (κ3) is 5.84. The van der Waals surface area contributed by atoms with E-state index < -0.39 is 17.6 Å². The quantitative estimate of drug-likeness (QED) is 0.761. The topological polar surface area (TPSA) is 41.6 Å². The number of hydrogen-bond donors (Lipinski definition) is 1. The molecule has 2 aromatic rings. The Kier molecular flexibility index (Phi) is 6.59. The SMILES string of the molecule is Cc1cccc(C=CC(=O)NCc2ccc(N3CCOCC3)cc2C(F)(F)F)c1. The Morgan fingerprint density at radius 1 is 1.17 bits per heavy atom. The summed E-state index contributed by atoms with van der Waals surface area (Å²) in [7, 11) is 0. The highest BCUT2D eigenvalue weighted by atomic mass is 19.4. The molecule has 0 unspecified atom stereocenters. The van der Waals surface area contributed by atoms with Gasteiger partial charge in [0.1, 0.15) is 0 Å². The van der Waals surface area contributed by atoms with Crippen LogP contribution in [0.3, 0.4) is 0 Å². The van der Waals surface area contributed by atoms with E-state index in [0.717, 1.165) is 17.2 Å². The number of aryl methyl sites for hydroxylation is 1. The Balaban J connectivity index is 1.70. The second-order valence-electron chi connectivity index (χ2n) is 6.90. The molecule has 0 aromatic heterocycles. The Morgan fingerprint density at radius 3 is 2.62 bits per heavy atom. The molecule has 7 heteroatoms. The van der Waals surface area contributed by atoms with E-state index in [1.807, 2.05) is 36.1 Å². The van der Waals surface area contributed by atoms with Gasteiger partial charge in [0.05, 0.1) is 18.8 Å². The maximum Gasteiger partial charge on any atom is 0.416 e. The van der Waals surface area contributed by atoms with Crippen LogP contribution in [0.2, 0.25) is 0 Å². The largest absolute Gasteiger partial charge is 0.416 e. The van der Waals surface area contributed by atoms with Gasteiger partial charge in [-0.1, -0.05) is 35.9 Å². The van der Waals surface area contributed by atoms with Gasteiger partial charge < -0.3 is 15.0 Å². The van der Waals surface area contributed by atoms with Crippen molar-refractivity contribution < 1.29 is 22.7 Å². The minimum Gasteiger partial charge on any atom is -0.378 e. The maximum atomic E-state index is 13.6. The van der Waals surface area contributed by atoms with Crippen molar-refractivity contribution in [2.45, 2.75) is 19.6 Å². The first-order valence-electron chi connectivity index (χ1n) is 9.38. The summed E-state index contributed by atoms with van der Waals surface area (Å²) in [6, 6.07) is 11.8. The molecule has 1 heterocycles. The van der Waals surface area contributed by atoms with Crippen LogP contribution in [0.25, 0.3) is 6.08 Å². The zero-order valence-corrected chi connectivity index (χ0v) is 16.1. The normalized spacial score (nSPS) is 15.0. The highest BCUT2D eigenvalue weighted by Gasteiger charge is 2.34. The van der Waals surface area contributed by atoms with Gasteiger partial charge in [-0.05, 0) is 36.3 Å². The molecule has 0 spiro atoms. The molecule has 2 aromatic carbocycles. The smallest absolute Gasteiger partial charge is 0.378 e. The molecular formula is C22H23F3N2O2. The van der Waals surface area contributed by atoms with Crippen molar-refractivity contribution in [1.29, 1.82) is 0 Å². The lowest BCUT2D eigenvalue weighted by Gasteiger charge is -2.29. The van der Waals surface area contributed by atoms with Crippen LogP contribution in [-0.4, -0.2) is 32.2 Å². The average molecular weight is 404 g/mol. The zero-order chi connectivity index (χ0) is 20.9. The number of carbonyl (C=O) groups excluding carboxylic acids is 1. The van der Waals surface area contributed by atoms with Crippen LogP contribution < -0.4 is 10.2 Å². The number of ether oxygens (including phenoxy) is 1. The van der Waals surface area contributed by atoms with Gasteiger partial charge in [0.15, 0.2) is 0 Å². The molecule has 0 bridgehead atoms. The van der Waals surface area contributed by atoms with E-state index in [-0.39, 0.29) is 12.1 Å². The van der Waals surface area contributed by atoms with Gasteiger partial charge in [-0.2, -0.15) is 13.2 Å². The number of benzene rings is 2. The molecule has 1 fully saturated rings. The molecule has 1 aliphatic rings. The number of anilines is 1. The minimum absolute atomic E-state index is 0.0341. The Morgan fingerprint density at radius 2 is 1.93 bits per heavy atom. The Labute approximate surface area is 168 Å². The van der Waals surface area contributed by atoms with Crippen molar-refractivity contribution in [1.82, 2.24) is 5.32 Å². The molecule has 1 aliphatic heterocycles. The summed E-state index contributed by atoms with van der Waals surface area (Å²) in [6.45, 7) is 3.83. The summed E-state index contributed by atoms with van der Waals surface area (Å²) in [5, 5.41) is 2.54. The van der Waals surface area contributed by atoms with Crippen LogP contribution in [0.1, 0.15) is 22.3 Å². The highest BCUT2D eigenvalue weighted by molar-refractivity contribution is 5.91. The van der Waals surface area contributed by atoms with Crippen LogP contribution >= 0.6 is 0 Å². The summed E-state index contributed by atoms with van der Waals surface area (Å²) < 4.78 is 45.9. The minimum atomic E-state index is -4.50. The van der Waals surface area contributed by atoms with E-state index in [1.54, 1.807) is 12.1 Å². The van der Waals surface area contributed by atoms with Gasteiger partial charge in [0, 0.05) is 31.4 Å². The second-order valence-corrected chi connectivity index (χ2v) is 6.90. The van der Waals surface area contributed by atoms with E-state index >= 15 is 0 Å². The summed E-state index contributed by atoms with van der Waals surface area (Å²) in [6.07, 6.45) is -1.54. The van der Waals surface area contributed by atoms with Gasteiger partial charge >= 0.3 is 6.18 Å². The van der Waals surface area contributed by atoms with Crippen LogP contribution in [0.15, 0.2) is 48.5 Å². The highest BCUT2D eigenvalue weighted by Crippen LogP contribution is 2.35. The maximum absolute atomic E-state index is 13.6. The number of halogens is 3. The lowest BCUT2D eigenvalue weighted by molar-refractivity contribution is -0.138. The van der Waals surface area contributed by atoms with Crippen molar-refractivity contribution in [3.8, 4) is 0 Å². The van der Waals surface area contributed by atoms with Gasteiger partial charge in [-0.3, -0.25) is 4.79 Å². The van der Waals surface area contributed by atoms with Crippen molar-refractivity contribution in [3.05, 3.63) is 70.8 Å². The number of nitrogens with one attached hydrogen (secondary N) is 1. The predicted octanol–water partition coefficient (Wildman–Crippen LogP) is 4.18. The first kappa shape index (κ1) is 20.9. The molecule has 154 valence electrons. The molecule has 0 atom stereocenters. The zero-order valence-electron chi connectivity index (χ0n) is 16.1. The molecular weight excluding hydrogens is 381 g/mol. The van der Waals surface area contributed by atoms with Gasteiger partial charge in [-0.25, -0.2) is 0 Å². The van der Waals surface area contributed by atoms with Gasteiger partial charge in [-0.15, -0.1) is 0 Å². The predicted molar refractivity (Wildman–Crippen MR) is 107 cm³/mol. The molecule has 3 rings (SSSR count). The third-order valence-corrected chi connectivity index (χ3v) is 4.70. The molecule has 0 aliphatic carbocycles. The van der Waals surface area contributed by atoms with Crippen LogP contribution in [0.4, 0.5) is 18.9 Å². The third-order valence-electron chi connectivity index (χ3n) is 4.70. The summed E-state index contributed by atoms with van der Waals surface area (Å²) >= 11 is 0. The molecule has 0 saturated carbocycles. The van der Waals surface area contributed by atoms with Crippen LogP contribution in [0, 0.1) is 6.92 Å². The monoisotopic (exact) mass is 404 g/mol. The van der Waals surface area contributed by atoms with E-state index in [4.69, 9.17) is 4.74 Å². The van der Waals surface area contributed by atoms with E-state index in [0.29, 0.717) is 32.0 Å². The number of alkyl halides is 3. The lowest BCUT2D eigenvalue weighted by Crippen LogP contribution is -2.36. The standard InChI is InChI=1S/C22H23F3N2O2/c1-16-3-2-4-17(13-16)5-8-21(28)26-15-18-6-7-19(14-20(18)22(23,24)25)27-9-11-29-12-10-27/h2-8,13-14H,9-12,15H2,1H3,(H,26,28). The van der Waals surface area contributed by atoms with Gasteiger partial charge in [0.2, 0.25) is 5.91 Å². The molecule has 4 nitrogen and oxygen atoms in total. The van der Waals surface area contributed by atoms with Crippen molar-refractivity contribution in [2.24, 2.45) is 0 Å². The fourth-order valence-electron chi connectivity index (χ4n) is 3.19. The van der Waals surface area contributed by atoms with Crippen LogP contribution in [-0.2, 0) is 22.3 Å². The molecule has 1 saturated heterocycles.